The summed E-state index contributed by atoms with van der Waals surface area (Å²) in [6.07, 6.45) is 6.16. The van der Waals surface area contributed by atoms with Crippen LogP contribution in [-0.2, 0) is 19.1 Å². The van der Waals surface area contributed by atoms with Gasteiger partial charge in [0.1, 0.15) is 11.5 Å². The van der Waals surface area contributed by atoms with Crippen molar-refractivity contribution in [3.8, 4) is 22.4 Å². The van der Waals surface area contributed by atoms with Gasteiger partial charge in [0, 0.05) is 60.5 Å². The van der Waals surface area contributed by atoms with Crippen molar-refractivity contribution in [3.63, 3.8) is 0 Å². The molecular formula is C31H32ClFN4O5S. The Morgan fingerprint density at radius 1 is 1.16 bits per heavy atom. The number of carboxylic acids is 1. The molecule has 0 bridgehead atoms. The minimum Gasteiger partial charge on any atom is -0.481 e. The van der Waals surface area contributed by atoms with Gasteiger partial charge in [-0.3, -0.25) is 24.2 Å². The zero-order valence-corrected chi connectivity index (χ0v) is 25.1. The smallest absolute Gasteiger partial charge is 0.304 e. The van der Waals surface area contributed by atoms with E-state index in [9.17, 15) is 19.5 Å². The van der Waals surface area contributed by atoms with E-state index in [1.807, 2.05) is 6.07 Å². The fraction of sp³-hybridized carbons (Fsp3) is 0.452. The second-order valence-corrected chi connectivity index (χ2v) is 12.8. The van der Waals surface area contributed by atoms with Crippen LogP contribution in [0.5, 0.6) is 0 Å². The Bertz CT molecular complexity index is 1520. The van der Waals surface area contributed by atoms with Crippen molar-refractivity contribution in [1.29, 1.82) is 0 Å². The molecule has 1 aromatic carbocycles. The van der Waals surface area contributed by atoms with Crippen LogP contribution in [0.3, 0.4) is 0 Å². The Labute approximate surface area is 257 Å². The number of benzene rings is 1. The van der Waals surface area contributed by atoms with Crippen molar-refractivity contribution >= 4 is 51.7 Å². The zero-order chi connectivity index (χ0) is 30.1. The second-order valence-electron chi connectivity index (χ2n) is 11.4. The number of carboxylic acid groups (broad SMARTS) is 1. The van der Waals surface area contributed by atoms with Crippen LogP contribution in [0.25, 0.3) is 22.4 Å². The van der Waals surface area contributed by atoms with Gasteiger partial charge in [0.15, 0.2) is 5.13 Å². The van der Waals surface area contributed by atoms with Crippen molar-refractivity contribution in [2.24, 2.45) is 11.8 Å². The highest BCUT2D eigenvalue weighted by Gasteiger charge is 2.40. The Morgan fingerprint density at radius 3 is 2.60 bits per heavy atom. The maximum absolute atomic E-state index is 15.7. The summed E-state index contributed by atoms with van der Waals surface area (Å²) < 4.78 is 21.2. The van der Waals surface area contributed by atoms with Crippen LogP contribution < -0.4 is 9.80 Å². The molecule has 4 heterocycles. The SMILES string of the molecule is O=C(O)C[C@H](CC1CCOCC1)C(=O)N(c1nc(-c2cc(Cl)ccc2-c2ccc(N3CCCC3=O)nc2)c(F)s1)C1CC1. The number of nitrogens with zero attached hydrogens (tertiary/aromatic N) is 4. The fourth-order valence-corrected chi connectivity index (χ4v) is 7.01. The van der Waals surface area contributed by atoms with Crippen LogP contribution in [0, 0.1) is 17.0 Å². The monoisotopic (exact) mass is 626 g/mol. The fourth-order valence-electron chi connectivity index (χ4n) is 5.95. The number of hydrogen-bond donors (Lipinski definition) is 1. The minimum atomic E-state index is -1.04. The van der Waals surface area contributed by atoms with E-state index in [2.05, 4.69) is 9.97 Å². The van der Waals surface area contributed by atoms with Gasteiger partial charge in [-0.1, -0.05) is 29.0 Å². The van der Waals surface area contributed by atoms with Gasteiger partial charge in [0.25, 0.3) is 0 Å². The molecule has 0 unspecified atom stereocenters. The molecular weight excluding hydrogens is 595 g/mol. The third kappa shape index (κ3) is 6.58. The van der Waals surface area contributed by atoms with E-state index < -0.39 is 17.0 Å². The predicted molar refractivity (Wildman–Crippen MR) is 162 cm³/mol. The number of amides is 2. The first-order valence-corrected chi connectivity index (χ1v) is 15.8. The summed E-state index contributed by atoms with van der Waals surface area (Å²) in [7, 11) is 0. The molecule has 1 N–H and O–H groups in total. The maximum Gasteiger partial charge on any atom is 0.304 e. The summed E-state index contributed by atoms with van der Waals surface area (Å²) in [6, 6.07) is 8.58. The molecule has 12 heteroatoms. The largest absolute Gasteiger partial charge is 0.481 e. The van der Waals surface area contributed by atoms with Crippen LogP contribution in [0.4, 0.5) is 15.3 Å². The highest BCUT2D eigenvalue weighted by molar-refractivity contribution is 7.14. The van der Waals surface area contributed by atoms with Crippen LogP contribution in [0.1, 0.15) is 51.4 Å². The molecule has 3 aliphatic rings. The van der Waals surface area contributed by atoms with Crippen molar-refractivity contribution in [2.75, 3.05) is 29.6 Å². The zero-order valence-electron chi connectivity index (χ0n) is 23.5. The lowest BCUT2D eigenvalue weighted by Crippen LogP contribution is -2.40. The van der Waals surface area contributed by atoms with Gasteiger partial charge < -0.3 is 9.84 Å². The number of carbonyl (C=O) groups is 3. The minimum absolute atomic E-state index is 0.0395. The molecule has 2 aromatic heterocycles. The van der Waals surface area contributed by atoms with Gasteiger partial charge in [-0.05, 0) is 74.3 Å². The maximum atomic E-state index is 15.7. The lowest BCUT2D eigenvalue weighted by molar-refractivity contribution is -0.141. The highest BCUT2D eigenvalue weighted by atomic mass is 35.5. The molecule has 1 saturated carbocycles. The van der Waals surface area contributed by atoms with Crippen LogP contribution in [0.2, 0.25) is 5.02 Å². The molecule has 0 spiro atoms. The Kier molecular flexibility index (Phi) is 8.74. The Hall–Kier alpha value is -3.41. The van der Waals surface area contributed by atoms with E-state index in [0.29, 0.717) is 60.1 Å². The van der Waals surface area contributed by atoms with Crippen molar-refractivity contribution < 1.29 is 28.6 Å². The number of aliphatic carboxylic acids is 1. The first kappa shape index (κ1) is 29.7. The first-order valence-electron chi connectivity index (χ1n) is 14.6. The van der Waals surface area contributed by atoms with Gasteiger partial charge in [-0.25, -0.2) is 9.97 Å². The summed E-state index contributed by atoms with van der Waals surface area (Å²) in [5.74, 6) is -1.28. The average Bonchev–Trinajstić information content (AvgIpc) is 3.62. The molecule has 2 aliphatic heterocycles. The Morgan fingerprint density at radius 2 is 1.95 bits per heavy atom. The van der Waals surface area contributed by atoms with Gasteiger partial charge in [-0.2, -0.15) is 4.39 Å². The van der Waals surface area contributed by atoms with Crippen LogP contribution >= 0.6 is 22.9 Å². The average molecular weight is 627 g/mol. The summed E-state index contributed by atoms with van der Waals surface area (Å²) in [5, 5.41) is 9.66. The number of aromatic nitrogens is 2. The third-order valence-corrected chi connectivity index (χ3v) is 9.38. The van der Waals surface area contributed by atoms with E-state index in [4.69, 9.17) is 16.3 Å². The number of ether oxygens (including phenoxy) is 1. The van der Waals surface area contributed by atoms with E-state index in [1.165, 1.54) is 4.90 Å². The second kappa shape index (κ2) is 12.7. The molecule has 1 aliphatic carbocycles. The third-order valence-electron chi connectivity index (χ3n) is 8.30. The molecule has 3 aromatic rings. The summed E-state index contributed by atoms with van der Waals surface area (Å²) >= 11 is 7.14. The molecule has 2 amide bonds. The lowest BCUT2D eigenvalue weighted by Gasteiger charge is -2.29. The number of pyridine rings is 1. The van der Waals surface area contributed by atoms with Crippen LogP contribution in [0.15, 0.2) is 36.5 Å². The molecule has 9 nitrogen and oxygen atoms in total. The standard InChI is InChI=1S/C31H32ClFN4O5S/c32-21-4-7-23(19-3-8-25(34-17-19)36-11-1-2-26(36)38)24(16-21)28-29(33)43-31(35-28)37(22-5-6-22)30(41)20(15-27(39)40)14-18-9-12-42-13-10-18/h3-4,7-8,16-18,20,22H,1-2,5-6,9-15H2,(H,39,40)/t20-/m0/s1. The topological polar surface area (TPSA) is 113 Å². The molecule has 226 valence electrons. The summed E-state index contributed by atoms with van der Waals surface area (Å²) in [6.45, 7) is 1.83. The number of hydrogen-bond acceptors (Lipinski definition) is 7. The number of halogens is 2. The molecule has 3 fully saturated rings. The van der Waals surface area contributed by atoms with Gasteiger partial charge in [0.2, 0.25) is 16.9 Å². The van der Waals surface area contributed by atoms with Crippen molar-refractivity contribution in [1.82, 2.24) is 9.97 Å². The number of anilines is 2. The van der Waals surface area contributed by atoms with Crippen molar-refractivity contribution in [3.05, 3.63) is 46.7 Å². The number of rotatable bonds is 10. The summed E-state index contributed by atoms with van der Waals surface area (Å²) in [4.78, 5) is 50.1. The lowest BCUT2D eigenvalue weighted by atomic mass is 9.86. The molecule has 0 radical (unpaired) electrons. The van der Waals surface area contributed by atoms with E-state index in [0.717, 1.165) is 43.4 Å². The van der Waals surface area contributed by atoms with E-state index in [1.54, 1.807) is 35.4 Å². The number of thiazole rings is 1. The highest BCUT2D eigenvalue weighted by Crippen LogP contribution is 2.42. The Balaban J connectivity index is 1.31. The normalized spacial score (nSPS) is 18.2. The molecule has 2 saturated heterocycles. The molecule has 43 heavy (non-hydrogen) atoms. The number of carbonyl (C=O) groups excluding carboxylic acids is 2. The van der Waals surface area contributed by atoms with Crippen molar-refractivity contribution in [2.45, 2.75) is 57.4 Å². The quantitative estimate of drug-likeness (QED) is 0.285. The molecule has 1 atom stereocenters. The van der Waals surface area contributed by atoms with Crippen LogP contribution in [-0.4, -0.2) is 58.7 Å². The summed E-state index contributed by atoms with van der Waals surface area (Å²) in [5.41, 5.74) is 1.87. The molecule has 6 rings (SSSR count). The predicted octanol–water partition coefficient (Wildman–Crippen LogP) is 6.19. The van der Waals surface area contributed by atoms with Gasteiger partial charge in [0.05, 0.1) is 6.42 Å². The van der Waals surface area contributed by atoms with Gasteiger partial charge >= 0.3 is 5.97 Å². The van der Waals surface area contributed by atoms with E-state index >= 15 is 4.39 Å². The van der Waals surface area contributed by atoms with Gasteiger partial charge in [-0.15, -0.1) is 0 Å². The first-order chi connectivity index (χ1) is 20.8. The van der Waals surface area contributed by atoms with E-state index in [-0.39, 0.29) is 41.0 Å².